The smallest absolute Gasteiger partial charge is 0.410 e. The van der Waals surface area contributed by atoms with Gasteiger partial charge in [0.2, 0.25) is 0 Å². The highest BCUT2D eigenvalue weighted by Crippen LogP contribution is 2.35. The number of rotatable bonds is 6. The Morgan fingerprint density at radius 1 is 0.935 bits per heavy atom. The zero-order chi connectivity index (χ0) is 32.6. The van der Waals surface area contributed by atoms with Gasteiger partial charge in [0.05, 0.1) is 41.7 Å². The first-order chi connectivity index (χ1) is 21.8. The Morgan fingerprint density at radius 2 is 1.59 bits per heavy atom. The minimum absolute atomic E-state index is 0.0167. The van der Waals surface area contributed by atoms with Gasteiger partial charge in [0.1, 0.15) is 17.2 Å². The topological polar surface area (TPSA) is 141 Å². The summed E-state index contributed by atoms with van der Waals surface area (Å²) in [6.07, 6.45) is 5.42. The van der Waals surface area contributed by atoms with Gasteiger partial charge in [0.15, 0.2) is 5.96 Å². The number of benzene rings is 2. The van der Waals surface area contributed by atoms with Gasteiger partial charge in [-0.25, -0.2) is 19.8 Å². The third-order valence-corrected chi connectivity index (χ3v) is 8.53. The van der Waals surface area contributed by atoms with E-state index in [-0.39, 0.29) is 23.7 Å². The molecule has 0 saturated carbocycles. The zero-order valence-electron chi connectivity index (χ0n) is 27.9. The molecule has 11 heteroatoms. The number of imidazole rings is 2. The molecule has 11 nitrogen and oxygen atoms in total. The number of amides is 1. The SMILES string of the molecule is CC(C)(C)NCN=C(N)N1CCCC1c1ncc(-c2ccc(-c3ccc4nc(C5CCCN5C(=O)OC(C)(C)C)[nH]c4c3)cc2)[nH]1. The molecule has 1 amide bonds. The van der Waals surface area contributed by atoms with Crippen molar-refractivity contribution in [2.75, 3.05) is 19.8 Å². The minimum Gasteiger partial charge on any atom is -0.444 e. The van der Waals surface area contributed by atoms with Crippen LogP contribution in [-0.4, -0.2) is 72.7 Å². The van der Waals surface area contributed by atoms with Crippen molar-refractivity contribution in [1.29, 1.82) is 0 Å². The first-order valence-corrected chi connectivity index (χ1v) is 16.3. The van der Waals surface area contributed by atoms with Crippen LogP contribution in [0.5, 0.6) is 0 Å². The van der Waals surface area contributed by atoms with E-state index in [1.165, 1.54) is 0 Å². The van der Waals surface area contributed by atoms with Crippen LogP contribution in [0.4, 0.5) is 4.79 Å². The van der Waals surface area contributed by atoms with Crippen LogP contribution in [0.2, 0.25) is 0 Å². The average molecular weight is 626 g/mol. The Labute approximate surface area is 271 Å². The maximum Gasteiger partial charge on any atom is 0.410 e. The predicted octanol–water partition coefficient (Wildman–Crippen LogP) is 6.49. The molecule has 0 aliphatic carbocycles. The number of aromatic amines is 2. The number of H-pyrrole nitrogens is 2. The number of likely N-dealkylation sites (tertiary alicyclic amines) is 2. The van der Waals surface area contributed by atoms with Crippen LogP contribution in [0.25, 0.3) is 33.4 Å². The van der Waals surface area contributed by atoms with Crippen LogP contribution in [-0.2, 0) is 4.74 Å². The van der Waals surface area contributed by atoms with Gasteiger partial charge in [-0.3, -0.25) is 10.2 Å². The quantitative estimate of drug-likeness (QED) is 0.142. The Kier molecular flexibility index (Phi) is 8.54. The van der Waals surface area contributed by atoms with E-state index in [2.05, 4.69) is 82.3 Å². The van der Waals surface area contributed by atoms with E-state index < -0.39 is 5.60 Å². The molecule has 4 heterocycles. The fourth-order valence-electron chi connectivity index (χ4n) is 6.23. The molecule has 0 radical (unpaired) electrons. The second-order valence-electron chi connectivity index (χ2n) is 14.4. The lowest BCUT2D eigenvalue weighted by atomic mass is 10.0. The highest BCUT2D eigenvalue weighted by molar-refractivity contribution is 5.83. The molecule has 2 aromatic heterocycles. The summed E-state index contributed by atoms with van der Waals surface area (Å²) < 4.78 is 5.65. The molecule has 5 N–H and O–H groups in total. The standard InChI is InChI=1S/C35H47N9O2/c1-34(2,3)39-21-38-32(36)43-17-7-9-28(43)30-37-20-27(42-30)23-13-11-22(12-14-23)24-15-16-25-26(19-24)41-31(40-25)29-10-8-18-44(29)33(45)46-35(4,5)6/h11-16,19-20,28-29,39H,7-10,17-18,21H2,1-6H3,(H2,36,38)(H,37,42)(H,40,41). The Bertz CT molecular complexity index is 1710. The third-order valence-electron chi connectivity index (χ3n) is 8.53. The van der Waals surface area contributed by atoms with Crippen LogP contribution < -0.4 is 11.1 Å². The molecule has 2 unspecified atom stereocenters. The van der Waals surface area contributed by atoms with Gasteiger partial charge in [-0.15, -0.1) is 0 Å². The van der Waals surface area contributed by atoms with E-state index in [1.54, 1.807) is 4.90 Å². The molecule has 0 bridgehead atoms. The van der Waals surface area contributed by atoms with E-state index in [0.29, 0.717) is 19.2 Å². The summed E-state index contributed by atoms with van der Waals surface area (Å²) in [6, 6.07) is 14.7. The van der Waals surface area contributed by atoms with E-state index in [0.717, 1.165) is 77.3 Å². The molecule has 244 valence electrons. The zero-order valence-corrected chi connectivity index (χ0v) is 27.9. The summed E-state index contributed by atoms with van der Waals surface area (Å²) >= 11 is 0. The molecular formula is C35H47N9O2. The average Bonchev–Trinajstić information content (AvgIpc) is 3.80. The molecular weight excluding hydrogens is 578 g/mol. The second kappa shape index (κ2) is 12.4. The molecule has 2 aromatic carbocycles. The van der Waals surface area contributed by atoms with E-state index in [9.17, 15) is 4.79 Å². The van der Waals surface area contributed by atoms with Crippen LogP contribution in [0.3, 0.4) is 0 Å². The predicted molar refractivity (Wildman–Crippen MR) is 182 cm³/mol. The maximum absolute atomic E-state index is 12.8. The van der Waals surface area contributed by atoms with Gasteiger partial charge in [0, 0.05) is 18.6 Å². The normalized spacial score (nSPS) is 19.4. The van der Waals surface area contributed by atoms with Gasteiger partial charge in [-0.2, -0.15) is 0 Å². The van der Waals surface area contributed by atoms with Gasteiger partial charge in [0.25, 0.3) is 0 Å². The fraction of sp³-hybridized carbons (Fsp3) is 0.486. The molecule has 2 aliphatic rings. The number of nitrogens with one attached hydrogen (secondary N) is 3. The van der Waals surface area contributed by atoms with E-state index in [1.807, 2.05) is 33.0 Å². The number of hydrogen-bond donors (Lipinski definition) is 4. The van der Waals surface area contributed by atoms with Gasteiger partial charge < -0.3 is 25.3 Å². The van der Waals surface area contributed by atoms with Crippen molar-refractivity contribution in [2.24, 2.45) is 10.7 Å². The van der Waals surface area contributed by atoms with Gasteiger partial charge >= 0.3 is 6.09 Å². The minimum atomic E-state index is -0.535. The number of ether oxygens (including phenoxy) is 1. The van der Waals surface area contributed by atoms with Crippen molar-refractivity contribution < 1.29 is 9.53 Å². The van der Waals surface area contributed by atoms with Crippen molar-refractivity contribution in [2.45, 2.75) is 90.4 Å². The summed E-state index contributed by atoms with van der Waals surface area (Å²) in [5, 5.41) is 3.37. The number of fused-ring (bicyclic) bond motifs is 1. The van der Waals surface area contributed by atoms with Crippen molar-refractivity contribution in [3.63, 3.8) is 0 Å². The lowest BCUT2D eigenvalue weighted by Crippen LogP contribution is -2.40. The third kappa shape index (κ3) is 7.04. The summed E-state index contributed by atoms with van der Waals surface area (Å²) in [5.41, 5.74) is 11.9. The highest BCUT2D eigenvalue weighted by atomic mass is 16.6. The number of carbonyl (C=O) groups is 1. The number of aliphatic imine (C=N–C) groups is 1. The Hall–Kier alpha value is -4.38. The second-order valence-corrected chi connectivity index (χ2v) is 14.4. The van der Waals surface area contributed by atoms with Crippen molar-refractivity contribution >= 4 is 23.1 Å². The number of hydrogen-bond acceptors (Lipinski definition) is 6. The van der Waals surface area contributed by atoms with Crippen LogP contribution in [0.1, 0.15) is 91.0 Å². The van der Waals surface area contributed by atoms with Gasteiger partial charge in [-0.05, 0) is 96.0 Å². The van der Waals surface area contributed by atoms with E-state index >= 15 is 0 Å². The number of guanidine groups is 1. The van der Waals surface area contributed by atoms with Crippen LogP contribution in [0, 0.1) is 0 Å². The molecule has 0 spiro atoms. The highest BCUT2D eigenvalue weighted by Gasteiger charge is 2.35. The Morgan fingerprint density at radius 3 is 2.28 bits per heavy atom. The number of nitrogens with two attached hydrogens (primary N) is 1. The van der Waals surface area contributed by atoms with E-state index in [4.69, 9.17) is 20.4 Å². The maximum atomic E-state index is 12.8. The largest absolute Gasteiger partial charge is 0.444 e. The van der Waals surface area contributed by atoms with Crippen molar-refractivity contribution in [3.05, 3.63) is 60.3 Å². The molecule has 4 aromatic rings. The number of aromatic nitrogens is 4. The fourth-order valence-corrected chi connectivity index (χ4v) is 6.23. The number of nitrogens with zero attached hydrogens (tertiary/aromatic N) is 5. The molecule has 2 saturated heterocycles. The molecule has 6 rings (SSSR count). The van der Waals surface area contributed by atoms with Crippen molar-refractivity contribution in [1.82, 2.24) is 35.1 Å². The number of carbonyl (C=O) groups excluding carboxylic acids is 1. The monoisotopic (exact) mass is 625 g/mol. The summed E-state index contributed by atoms with van der Waals surface area (Å²) in [5.74, 6) is 2.26. The lowest BCUT2D eigenvalue weighted by molar-refractivity contribution is 0.0219. The molecule has 46 heavy (non-hydrogen) atoms. The first-order valence-electron chi connectivity index (χ1n) is 16.3. The van der Waals surface area contributed by atoms with Gasteiger partial charge in [-0.1, -0.05) is 30.3 Å². The summed E-state index contributed by atoms with van der Waals surface area (Å²) in [4.78, 5) is 38.0. The molecule has 2 atom stereocenters. The molecule has 2 fully saturated rings. The Balaban J connectivity index is 1.15. The summed E-state index contributed by atoms with van der Waals surface area (Å²) in [7, 11) is 0. The van der Waals surface area contributed by atoms with Crippen molar-refractivity contribution in [3.8, 4) is 22.4 Å². The first kappa shape index (κ1) is 31.6. The lowest BCUT2D eigenvalue weighted by Gasteiger charge is -2.27. The summed E-state index contributed by atoms with van der Waals surface area (Å²) in [6.45, 7) is 14.0. The van der Waals surface area contributed by atoms with Crippen LogP contribution >= 0.6 is 0 Å². The molecule has 2 aliphatic heterocycles. The van der Waals surface area contributed by atoms with Crippen LogP contribution in [0.15, 0.2) is 53.7 Å².